The fourth-order valence-corrected chi connectivity index (χ4v) is 3.03. The van der Waals surface area contributed by atoms with Crippen LogP contribution >= 0.6 is 0 Å². The average Bonchev–Trinajstić information content (AvgIpc) is 2.58. The van der Waals surface area contributed by atoms with E-state index in [0.29, 0.717) is 10.9 Å². The molecule has 0 unspecified atom stereocenters. The number of aromatic hydroxyl groups is 1. The smallest absolute Gasteiger partial charge is 0.242 e. The van der Waals surface area contributed by atoms with Gasteiger partial charge in [0.1, 0.15) is 4.90 Å². The standard InChI is InChI=1S/C10H13N3O3S/c1-6(2)13-17(15,16)8-5-3-4-7-9(8)11-12-10(7)14/h3-6,13H,1-2H3,(H2,11,12,14). The lowest BCUT2D eigenvalue weighted by atomic mass is 10.2. The highest BCUT2D eigenvalue weighted by atomic mass is 32.2. The van der Waals surface area contributed by atoms with Gasteiger partial charge >= 0.3 is 0 Å². The molecule has 2 rings (SSSR count). The summed E-state index contributed by atoms with van der Waals surface area (Å²) in [7, 11) is -3.61. The average molecular weight is 255 g/mol. The fraction of sp³-hybridized carbons (Fsp3) is 0.300. The Labute approximate surface area is 98.7 Å². The quantitative estimate of drug-likeness (QED) is 0.761. The molecule has 0 saturated carbocycles. The molecule has 2 aromatic rings. The Morgan fingerprint density at radius 3 is 2.76 bits per heavy atom. The van der Waals surface area contributed by atoms with Crippen molar-refractivity contribution in [2.24, 2.45) is 0 Å². The number of nitrogens with zero attached hydrogens (tertiary/aromatic N) is 1. The number of H-pyrrole nitrogens is 1. The summed E-state index contributed by atoms with van der Waals surface area (Å²) in [5, 5.41) is 15.9. The molecule has 1 aromatic heterocycles. The molecule has 0 bridgehead atoms. The highest BCUT2D eigenvalue weighted by molar-refractivity contribution is 7.89. The Morgan fingerprint density at radius 2 is 2.12 bits per heavy atom. The second-order valence-corrected chi connectivity index (χ2v) is 5.68. The minimum Gasteiger partial charge on any atom is -0.492 e. The van der Waals surface area contributed by atoms with E-state index in [1.165, 1.54) is 6.07 Å². The van der Waals surface area contributed by atoms with E-state index in [0.717, 1.165) is 0 Å². The number of sulfonamides is 1. The molecule has 6 nitrogen and oxygen atoms in total. The van der Waals surface area contributed by atoms with Gasteiger partial charge < -0.3 is 5.11 Å². The van der Waals surface area contributed by atoms with Gasteiger partial charge in [0.2, 0.25) is 15.9 Å². The summed E-state index contributed by atoms with van der Waals surface area (Å²) in [5.41, 5.74) is 0.304. The van der Waals surface area contributed by atoms with Crippen molar-refractivity contribution in [2.45, 2.75) is 24.8 Å². The number of nitrogens with one attached hydrogen (secondary N) is 2. The largest absolute Gasteiger partial charge is 0.492 e. The van der Waals surface area contributed by atoms with E-state index < -0.39 is 10.0 Å². The molecule has 0 amide bonds. The first-order chi connectivity index (χ1) is 7.92. The summed E-state index contributed by atoms with van der Waals surface area (Å²) < 4.78 is 26.5. The summed E-state index contributed by atoms with van der Waals surface area (Å²) in [5.74, 6) is -0.207. The van der Waals surface area contributed by atoms with Crippen LogP contribution in [0.3, 0.4) is 0 Å². The van der Waals surface area contributed by atoms with Crippen molar-refractivity contribution in [1.29, 1.82) is 0 Å². The third-order valence-electron chi connectivity index (χ3n) is 2.22. The van der Waals surface area contributed by atoms with E-state index >= 15 is 0 Å². The van der Waals surface area contributed by atoms with Crippen molar-refractivity contribution >= 4 is 20.9 Å². The van der Waals surface area contributed by atoms with Gasteiger partial charge in [0.05, 0.1) is 10.9 Å². The molecular weight excluding hydrogens is 242 g/mol. The number of fused-ring (bicyclic) bond motifs is 1. The van der Waals surface area contributed by atoms with Gasteiger partial charge in [-0.15, -0.1) is 5.10 Å². The van der Waals surface area contributed by atoms with Gasteiger partial charge in [-0.2, -0.15) is 0 Å². The maximum Gasteiger partial charge on any atom is 0.242 e. The van der Waals surface area contributed by atoms with Crippen LogP contribution in [0.5, 0.6) is 5.88 Å². The van der Waals surface area contributed by atoms with Gasteiger partial charge in [-0.25, -0.2) is 13.1 Å². The molecule has 3 N–H and O–H groups in total. The summed E-state index contributed by atoms with van der Waals surface area (Å²) in [6, 6.07) is 4.42. The lowest BCUT2D eigenvalue weighted by Crippen LogP contribution is -2.30. The highest BCUT2D eigenvalue weighted by Gasteiger charge is 2.20. The first-order valence-electron chi connectivity index (χ1n) is 5.10. The van der Waals surface area contributed by atoms with Crippen molar-refractivity contribution < 1.29 is 13.5 Å². The molecule has 7 heteroatoms. The van der Waals surface area contributed by atoms with E-state index in [-0.39, 0.29) is 16.8 Å². The molecule has 92 valence electrons. The number of rotatable bonds is 3. The van der Waals surface area contributed by atoms with Crippen LogP contribution in [0.15, 0.2) is 23.1 Å². The Balaban J connectivity index is 2.64. The van der Waals surface area contributed by atoms with Crippen LogP contribution in [0.25, 0.3) is 10.9 Å². The molecule has 0 fully saturated rings. The number of hydrogen-bond acceptors (Lipinski definition) is 4. The zero-order valence-corrected chi connectivity index (χ0v) is 10.2. The molecule has 0 radical (unpaired) electrons. The van der Waals surface area contributed by atoms with Crippen molar-refractivity contribution in [3.63, 3.8) is 0 Å². The Hall–Kier alpha value is -1.60. The predicted molar refractivity (Wildman–Crippen MR) is 63.2 cm³/mol. The molecule has 0 aliphatic heterocycles. The predicted octanol–water partition coefficient (Wildman–Crippen LogP) is 0.955. The van der Waals surface area contributed by atoms with Gasteiger partial charge in [-0.05, 0) is 26.0 Å². The van der Waals surface area contributed by atoms with Gasteiger partial charge in [0.15, 0.2) is 0 Å². The Bertz CT molecular complexity index is 646. The van der Waals surface area contributed by atoms with Gasteiger partial charge in [0.25, 0.3) is 0 Å². The van der Waals surface area contributed by atoms with E-state index in [2.05, 4.69) is 14.9 Å². The number of aromatic amines is 1. The van der Waals surface area contributed by atoms with Crippen molar-refractivity contribution in [3.8, 4) is 5.88 Å². The van der Waals surface area contributed by atoms with Crippen molar-refractivity contribution in [2.75, 3.05) is 0 Å². The van der Waals surface area contributed by atoms with Crippen LogP contribution in [0.2, 0.25) is 0 Å². The number of hydrogen-bond donors (Lipinski definition) is 3. The molecule has 0 spiro atoms. The topological polar surface area (TPSA) is 95.1 Å². The van der Waals surface area contributed by atoms with Gasteiger partial charge in [-0.1, -0.05) is 6.07 Å². The van der Waals surface area contributed by atoms with Crippen LogP contribution in [-0.2, 0) is 10.0 Å². The summed E-state index contributed by atoms with van der Waals surface area (Å²) in [4.78, 5) is 0.0801. The normalized spacial score (nSPS) is 12.4. The third-order valence-corrected chi connectivity index (χ3v) is 3.92. The van der Waals surface area contributed by atoms with E-state index in [4.69, 9.17) is 0 Å². The first-order valence-corrected chi connectivity index (χ1v) is 6.58. The lowest BCUT2D eigenvalue weighted by Gasteiger charge is -2.09. The number of benzene rings is 1. The summed E-state index contributed by atoms with van der Waals surface area (Å²) in [6.07, 6.45) is 0. The van der Waals surface area contributed by atoms with Crippen LogP contribution in [0.4, 0.5) is 0 Å². The molecular formula is C10H13N3O3S. The minimum atomic E-state index is -3.61. The molecule has 17 heavy (non-hydrogen) atoms. The lowest BCUT2D eigenvalue weighted by molar-refractivity contribution is 0.457. The minimum absolute atomic E-state index is 0.0801. The molecule has 0 aliphatic carbocycles. The second-order valence-electron chi connectivity index (χ2n) is 4.00. The highest BCUT2D eigenvalue weighted by Crippen LogP contribution is 2.26. The van der Waals surface area contributed by atoms with Crippen molar-refractivity contribution in [1.82, 2.24) is 14.9 Å². The van der Waals surface area contributed by atoms with Crippen LogP contribution in [-0.4, -0.2) is 29.8 Å². The van der Waals surface area contributed by atoms with Crippen LogP contribution < -0.4 is 4.72 Å². The zero-order chi connectivity index (χ0) is 12.6. The van der Waals surface area contributed by atoms with Gasteiger partial charge in [-0.3, -0.25) is 5.10 Å². The fourth-order valence-electron chi connectivity index (χ4n) is 1.60. The molecule has 0 saturated heterocycles. The van der Waals surface area contributed by atoms with Crippen LogP contribution in [0, 0.1) is 0 Å². The van der Waals surface area contributed by atoms with Crippen molar-refractivity contribution in [3.05, 3.63) is 18.2 Å². The summed E-state index contributed by atoms with van der Waals surface area (Å²) >= 11 is 0. The Kier molecular flexibility index (Phi) is 2.80. The van der Waals surface area contributed by atoms with E-state index in [9.17, 15) is 13.5 Å². The molecule has 1 aromatic carbocycles. The SMILES string of the molecule is CC(C)NS(=O)(=O)c1cccc2c(O)n[nH]c12. The third kappa shape index (κ3) is 2.11. The first kappa shape index (κ1) is 11.9. The number of aromatic nitrogens is 2. The molecule has 0 atom stereocenters. The second kappa shape index (κ2) is 4.01. The Morgan fingerprint density at radius 1 is 1.41 bits per heavy atom. The zero-order valence-electron chi connectivity index (χ0n) is 9.43. The monoisotopic (exact) mass is 255 g/mol. The summed E-state index contributed by atoms with van der Waals surface area (Å²) in [6.45, 7) is 3.48. The maximum absolute atomic E-state index is 12.0. The van der Waals surface area contributed by atoms with E-state index in [1.807, 2.05) is 0 Å². The van der Waals surface area contributed by atoms with Crippen LogP contribution in [0.1, 0.15) is 13.8 Å². The van der Waals surface area contributed by atoms with E-state index in [1.54, 1.807) is 26.0 Å². The maximum atomic E-state index is 12.0. The molecule has 0 aliphatic rings. The van der Waals surface area contributed by atoms with Gasteiger partial charge in [0, 0.05) is 6.04 Å². The molecule has 1 heterocycles. The number of para-hydroxylation sites is 1.